The molecule has 488 valence electrons. The number of hydrogen-bond acceptors (Lipinski definition) is 30. The molecule has 0 aromatic heterocycles. The second-order valence-corrected chi connectivity index (χ2v) is 20.3. The number of carboxylic acid groups (broad SMARTS) is 1. The molecule has 16 unspecified atom stereocenters. The van der Waals surface area contributed by atoms with E-state index in [0.717, 1.165) is 30.4 Å². The number of aliphatic carboxylic acids is 1. The van der Waals surface area contributed by atoms with Gasteiger partial charge in [-0.15, -0.1) is 0 Å². The lowest BCUT2D eigenvalue weighted by atomic mass is 9.98. The number of benzene rings is 4. The van der Waals surface area contributed by atoms with Crippen LogP contribution in [0.1, 0.15) is 34.8 Å². The Kier molecular flexibility index (Phi) is 21.7. The van der Waals surface area contributed by atoms with Crippen LogP contribution in [0.5, 0.6) is 63.2 Å². The van der Waals surface area contributed by atoms with E-state index in [1.54, 1.807) is 0 Å². The second-order valence-electron chi connectivity index (χ2n) is 20.3. The smallest absolute Gasteiger partial charge is 0.330 e. The maximum absolute atomic E-state index is 12.9. The zero-order valence-corrected chi connectivity index (χ0v) is 47.8. The van der Waals surface area contributed by atoms with E-state index < -0.39 is 166 Å². The maximum atomic E-state index is 12.9. The minimum Gasteiger partial charge on any atom is -0.571 e. The summed E-state index contributed by atoms with van der Waals surface area (Å²) in [5.74, 6) is -7.74. The summed E-state index contributed by atoms with van der Waals surface area (Å²) < 4.78 is 75.8. The van der Waals surface area contributed by atoms with Gasteiger partial charge in [0.05, 0.1) is 40.1 Å². The molecule has 4 aromatic rings. The molecule has 15 N–H and O–H groups in total. The Balaban J connectivity index is 1.03. The molecule has 4 aliphatic heterocycles. The van der Waals surface area contributed by atoms with Crippen LogP contribution in [0.4, 0.5) is 0 Å². The quantitative estimate of drug-likeness (QED) is 0.0134. The van der Waals surface area contributed by atoms with Gasteiger partial charge in [-0.25, -0.2) is 9.59 Å². The third-order valence-electron chi connectivity index (χ3n) is 14.3. The van der Waals surface area contributed by atoms with Gasteiger partial charge in [0.2, 0.25) is 30.4 Å². The molecular weight excluding hydrogens is 1210 g/mol. The fourth-order valence-electron chi connectivity index (χ4n) is 9.45. The highest BCUT2D eigenvalue weighted by Crippen LogP contribution is 2.48. The number of carbonyl (C=O) groups excluding carboxylic acids is 3. The lowest BCUT2D eigenvalue weighted by molar-refractivity contribution is -0.296. The van der Waals surface area contributed by atoms with Crippen molar-refractivity contribution in [3.63, 3.8) is 0 Å². The summed E-state index contributed by atoms with van der Waals surface area (Å²) in [6, 6.07) is 11.2. The molecule has 4 heterocycles. The van der Waals surface area contributed by atoms with E-state index >= 15 is 0 Å². The van der Waals surface area contributed by atoms with Crippen molar-refractivity contribution in [2.75, 3.05) is 48.3 Å². The Morgan fingerprint density at radius 1 is 0.500 bits per heavy atom. The number of fused-ring (bicyclic) bond motifs is 1. The minimum absolute atomic E-state index is 0.0135. The SMILES string of the molecule is COc1cc(C=CC(=O)OCC2OC(Oc3cc(O)c4c(c3)[OH+]C(c3ccc(O)c(OC5OC(COC(=O)C=Cc6cc(OC)c(O)c(OC)c6)C(O)C(O)C5O)c3)C(OC3OC(COC(=O)CC(=O)O)C(O)C(O)C3O)=C4)C(O)C(O)C2O)cc(OC)c1O. The number of methoxy groups -OCH3 is 4. The molecule has 0 saturated carbocycles. The summed E-state index contributed by atoms with van der Waals surface area (Å²) in [5.41, 5.74) is 0.529. The number of esters is 3. The molecule has 4 aromatic carbocycles. The minimum atomic E-state index is -2.08. The average Bonchev–Trinajstić information content (AvgIpc) is 0.855. The number of phenols is 4. The first-order chi connectivity index (χ1) is 42.8. The van der Waals surface area contributed by atoms with Crippen molar-refractivity contribution in [2.45, 2.75) is 105 Å². The van der Waals surface area contributed by atoms with Gasteiger partial charge in [-0.2, -0.15) is 0 Å². The van der Waals surface area contributed by atoms with Crippen molar-refractivity contribution < 1.29 is 157 Å². The van der Waals surface area contributed by atoms with Gasteiger partial charge in [-0.1, -0.05) is 0 Å². The van der Waals surface area contributed by atoms with Crippen molar-refractivity contribution in [3.8, 4) is 63.2 Å². The number of phenolic OH excluding ortho intramolecular Hbond substituents is 4. The van der Waals surface area contributed by atoms with Crippen molar-refractivity contribution in [2.24, 2.45) is 0 Å². The Morgan fingerprint density at radius 2 is 0.933 bits per heavy atom. The molecule has 0 bridgehead atoms. The highest BCUT2D eigenvalue weighted by atomic mass is 16.7. The molecule has 0 aliphatic carbocycles. The number of ether oxygens (including phenoxy) is 14. The van der Waals surface area contributed by atoms with Crippen LogP contribution >= 0.6 is 0 Å². The highest BCUT2D eigenvalue weighted by Gasteiger charge is 2.50. The number of aliphatic hydroxyl groups excluding tert-OH is 9. The number of carboxylic acids is 1. The van der Waals surface area contributed by atoms with Crippen molar-refractivity contribution in [1.29, 1.82) is 0 Å². The van der Waals surface area contributed by atoms with Crippen LogP contribution in [0.15, 0.2) is 72.5 Å². The topological polar surface area (TPSA) is 484 Å². The molecule has 4 aliphatic rings. The summed E-state index contributed by atoms with van der Waals surface area (Å²) in [5, 5.41) is 151. The van der Waals surface area contributed by atoms with Crippen molar-refractivity contribution in [1.82, 2.24) is 0 Å². The van der Waals surface area contributed by atoms with E-state index in [0.29, 0.717) is 11.1 Å². The Labute approximate surface area is 508 Å². The Morgan fingerprint density at radius 3 is 1.38 bits per heavy atom. The molecular formula is C58H65O32+. The normalized spacial score (nSPS) is 28.1. The van der Waals surface area contributed by atoms with Crippen LogP contribution in [-0.2, 0) is 52.3 Å². The van der Waals surface area contributed by atoms with E-state index in [9.17, 15) is 85.6 Å². The molecule has 0 spiro atoms. The first-order valence-corrected chi connectivity index (χ1v) is 27.0. The summed E-state index contributed by atoms with van der Waals surface area (Å²) in [4.78, 5) is 48.9. The Hall–Kier alpha value is -8.90. The summed E-state index contributed by atoms with van der Waals surface area (Å²) in [7, 11) is 5.20. The summed E-state index contributed by atoms with van der Waals surface area (Å²) in [6.45, 7) is -2.30. The molecule has 0 amide bonds. The van der Waals surface area contributed by atoms with Crippen LogP contribution in [0.2, 0.25) is 0 Å². The molecule has 32 heteroatoms. The predicted octanol–water partition coefficient (Wildman–Crippen LogP) is -1.39. The maximum Gasteiger partial charge on any atom is 0.330 e. The van der Waals surface area contributed by atoms with Crippen molar-refractivity contribution in [3.05, 3.63) is 94.8 Å². The van der Waals surface area contributed by atoms with Gasteiger partial charge < -0.3 is 138 Å². The van der Waals surface area contributed by atoms with E-state index in [-0.39, 0.29) is 62.9 Å². The third-order valence-corrected chi connectivity index (χ3v) is 14.3. The highest BCUT2D eigenvalue weighted by molar-refractivity contribution is 5.90. The number of hydrogen-bond donors (Lipinski definition) is 14. The fraction of sp³-hybridized carbons (Fsp3) is 0.414. The van der Waals surface area contributed by atoms with Gasteiger partial charge in [-0.3, -0.25) is 9.59 Å². The van der Waals surface area contributed by atoms with Gasteiger partial charge >= 0.3 is 23.9 Å². The molecule has 16 atom stereocenters. The first kappa shape index (κ1) is 67.0. The summed E-state index contributed by atoms with van der Waals surface area (Å²) in [6.07, 6.45) is -25.2. The molecule has 32 nitrogen and oxygen atoms in total. The zero-order valence-electron chi connectivity index (χ0n) is 47.8. The summed E-state index contributed by atoms with van der Waals surface area (Å²) >= 11 is 0. The monoisotopic (exact) mass is 1270 g/mol. The molecule has 8 rings (SSSR count). The lowest BCUT2D eigenvalue weighted by Gasteiger charge is -2.41. The van der Waals surface area contributed by atoms with Gasteiger partial charge in [-0.05, 0) is 65.7 Å². The Bertz CT molecular complexity index is 3280. The molecule has 90 heavy (non-hydrogen) atoms. The van der Waals surface area contributed by atoms with Crippen molar-refractivity contribution >= 4 is 42.1 Å². The largest absolute Gasteiger partial charge is 0.571 e. The first-order valence-electron chi connectivity index (χ1n) is 27.0. The molecule has 3 saturated heterocycles. The van der Waals surface area contributed by atoms with Crippen LogP contribution in [0, 0.1) is 0 Å². The van der Waals surface area contributed by atoms with Crippen LogP contribution < -0.4 is 28.4 Å². The zero-order chi connectivity index (χ0) is 65.4. The van der Waals surface area contributed by atoms with E-state index in [2.05, 4.69) is 0 Å². The number of aromatic hydroxyl groups is 5. The lowest BCUT2D eigenvalue weighted by Crippen LogP contribution is -2.60. The molecule has 3 fully saturated rings. The van der Waals surface area contributed by atoms with Crippen LogP contribution in [-0.4, -0.2) is 240 Å². The third kappa shape index (κ3) is 15.4. The van der Waals surface area contributed by atoms with E-state index in [1.165, 1.54) is 83.1 Å². The van der Waals surface area contributed by atoms with Gasteiger partial charge in [0.1, 0.15) is 117 Å². The van der Waals surface area contributed by atoms with Gasteiger partial charge in [0.15, 0.2) is 40.3 Å². The predicted molar refractivity (Wildman–Crippen MR) is 297 cm³/mol. The fourth-order valence-corrected chi connectivity index (χ4v) is 9.45. The van der Waals surface area contributed by atoms with E-state index in [4.69, 9.17) is 71.4 Å². The number of carbonyl (C=O) groups is 4. The van der Waals surface area contributed by atoms with Crippen LogP contribution in [0.3, 0.4) is 0 Å². The van der Waals surface area contributed by atoms with Crippen LogP contribution in [0.25, 0.3) is 18.2 Å². The average molecular weight is 1270 g/mol. The van der Waals surface area contributed by atoms with Gasteiger partial charge in [0.25, 0.3) is 11.9 Å². The van der Waals surface area contributed by atoms with E-state index in [1.807, 2.05) is 0 Å². The standard InChI is InChI=1S/C58H64O32/c1-77-32-11-23(12-33(78-2)44(32)66)5-9-41(63)81-20-37-46(68)49(71)52(74)56(88-37)84-26-16-29(60)27-18-36(87-58-54(76)51(73)48(70)39(90-58)22-83-43(65)19-40(61)62)55(85-30(27)17-26)25-7-8-28(59)31(15-25)86-57-53(75)50(72)47(69)38(89-57)21-82-42(64)10-6-24-13-34(79-3)45(67)35(14-24)80-4/h5-18,37-39,46-60,66-76H,19-22H2,1-4H3,(H,61,62)/p+1. The number of rotatable bonds is 23. The number of aliphatic hydroxyl groups is 10. The second kappa shape index (κ2) is 29.2. The van der Waals surface area contributed by atoms with Gasteiger partial charge in [0, 0.05) is 24.3 Å². The molecule has 0 radical (unpaired) electrons.